The zero-order valence-electron chi connectivity index (χ0n) is 12.8. The Morgan fingerprint density at radius 2 is 1.64 bits per heavy atom. The van der Waals surface area contributed by atoms with Crippen LogP contribution in [0.3, 0.4) is 0 Å². The van der Waals surface area contributed by atoms with Crippen LogP contribution in [0.2, 0.25) is 0 Å². The lowest BCUT2D eigenvalue weighted by molar-refractivity contribution is 0.691. The molecule has 1 aromatic heterocycles. The van der Waals surface area contributed by atoms with E-state index in [9.17, 15) is 0 Å². The Kier molecular flexibility index (Phi) is 2.08. The van der Waals surface area contributed by atoms with Gasteiger partial charge in [-0.05, 0) is 45.4 Å². The van der Waals surface area contributed by atoms with Crippen LogP contribution in [0.5, 0.6) is 0 Å². The molecule has 5 rings (SSSR count). The van der Waals surface area contributed by atoms with Crippen LogP contribution in [0.15, 0.2) is 54.1 Å². The van der Waals surface area contributed by atoms with Gasteiger partial charge in [0.15, 0.2) is 0 Å². The molecule has 2 aliphatic carbocycles. The van der Waals surface area contributed by atoms with Gasteiger partial charge in [0.25, 0.3) is 0 Å². The van der Waals surface area contributed by atoms with Gasteiger partial charge in [-0.15, -0.1) is 0 Å². The highest BCUT2D eigenvalue weighted by Crippen LogP contribution is 2.47. The molecule has 22 heavy (non-hydrogen) atoms. The molecule has 0 unspecified atom stereocenters. The Morgan fingerprint density at radius 1 is 0.864 bits per heavy atom. The van der Waals surface area contributed by atoms with Gasteiger partial charge in [-0.2, -0.15) is 0 Å². The number of aromatic amines is 1. The number of allylic oxidation sites excluding steroid dienone is 1. The third-order valence-electron chi connectivity index (χ3n) is 5.11. The zero-order valence-corrected chi connectivity index (χ0v) is 12.8. The minimum Gasteiger partial charge on any atom is -0.355 e. The maximum Gasteiger partial charge on any atom is 0.0461 e. The van der Waals surface area contributed by atoms with E-state index >= 15 is 0 Å². The summed E-state index contributed by atoms with van der Waals surface area (Å²) >= 11 is 0. The van der Waals surface area contributed by atoms with Crippen molar-refractivity contribution in [2.45, 2.75) is 19.3 Å². The largest absolute Gasteiger partial charge is 0.355 e. The van der Waals surface area contributed by atoms with Gasteiger partial charge < -0.3 is 4.98 Å². The van der Waals surface area contributed by atoms with Crippen molar-refractivity contribution in [2.24, 2.45) is 0 Å². The number of aromatic nitrogens is 1. The molecule has 2 aliphatic rings. The first kappa shape index (κ1) is 12.0. The molecule has 0 saturated carbocycles. The van der Waals surface area contributed by atoms with Crippen LogP contribution < -0.4 is 10.4 Å². The predicted molar refractivity (Wildman–Crippen MR) is 92.9 cm³/mol. The molecule has 0 bridgehead atoms. The zero-order chi connectivity index (χ0) is 14.9. The van der Waals surface area contributed by atoms with E-state index in [-0.39, 0.29) is 5.41 Å². The lowest BCUT2D eigenvalue weighted by Gasteiger charge is -2.32. The molecule has 0 spiro atoms. The van der Waals surface area contributed by atoms with Crippen LogP contribution in [0.25, 0.3) is 28.6 Å². The molecule has 0 radical (unpaired) electrons. The standard InChI is InChI=1S/C21H17N/c1-21(2)19-14(11-13-7-3-4-8-15(13)19)12-18-20(21)16-9-5-6-10-17(16)22-18/h3-12,22H,1-2H3. The van der Waals surface area contributed by atoms with Gasteiger partial charge in [-0.3, -0.25) is 0 Å². The SMILES string of the molecule is CC1(C)C2=c3ccccc3=CC2=Cc2[nH]c3ccccc3c21. The molecule has 0 atom stereocenters. The van der Waals surface area contributed by atoms with Crippen LogP contribution in [0, 0.1) is 0 Å². The number of nitrogens with one attached hydrogen (secondary N) is 1. The smallest absolute Gasteiger partial charge is 0.0461 e. The third-order valence-corrected chi connectivity index (χ3v) is 5.11. The number of hydrogen-bond donors (Lipinski definition) is 1. The molecule has 1 N–H and O–H groups in total. The predicted octanol–water partition coefficient (Wildman–Crippen LogP) is 3.49. The number of para-hydroxylation sites is 1. The second-order valence-corrected chi connectivity index (χ2v) is 6.79. The summed E-state index contributed by atoms with van der Waals surface area (Å²) in [5.74, 6) is 0. The highest BCUT2D eigenvalue weighted by Gasteiger charge is 2.37. The normalized spacial score (nSPS) is 17.5. The Morgan fingerprint density at radius 3 is 2.55 bits per heavy atom. The van der Waals surface area contributed by atoms with Crippen molar-refractivity contribution in [3.05, 3.63) is 75.8 Å². The molecule has 1 heterocycles. The quantitative estimate of drug-likeness (QED) is 0.650. The number of H-pyrrole nitrogens is 1. The van der Waals surface area contributed by atoms with Crippen LogP contribution in [-0.2, 0) is 5.41 Å². The van der Waals surface area contributed by atoms with E-state index in [0.717, 1.165) is 0 Å². The van der Waals surface area contributed by atoms with Crippen LogP contribution in [0.4, 0.5) is 0 Å². The monoisotopic (exact) mass is 283 g/mol. The second-order valence-electron chi connectivity index (χ2n) is 6.79. The number of hydrogen-bond acceptors (Lipinski definition) is 0. The topological polar surface area (TPSA) is 15.8 Å². The minimum atomic E-state index is 0.00211. The number of rotatable bonds is 0. The third kappa shape index (κ3) is 1.34. The average Bonchev–Trinajstić information content (AvgIpc) is 3.05. The second kappa shape index (κ2) is 3.80. The van der Waals surface area contributed by atoms with E-state index in [0.29, 0.717) is 0 Å². The van der Waals surface area contributed by atoms with Crippen molar-refractivity contribution >= 4 is 28.6 Å². The first-order valence-corrected chi connectivity index (χ1v) is 7.81. The van der Waals surface area contributed by atoms with E-state index in [2.05, 4.69) is 79.5 Å². The fourth-order valence-corrected chi connectivity index (χ4v) is 4.28. The van der Waals surface area contributed by atoms with Crippen molar-refractivity contribution in [3.63, 3.8) is 0 Å². The van der Waals surface area contributed by atoms with Gasteiger partial charge in [0, 0.05) is 22.0 Å². The highest BCUT2D eigenvalue weighted by atomic mass is 14.7. The molecule has 0 fully saturated rings. The maximum absolute atomic E-state index is 3.60. The van der Waals surface area contributed by atoms with Gasteiger partial charge in [0.1, 0.15) is 0 Å². The summed E-state index contributed by atoms with van der Waals surface area (Å²) in [6, 6.07) is 17.4. The van der Waals surface area contributed by atoms with Crippen LogP contribution in [0.1, 0.15) is 25.1 Å². The summed E-state index contributed by atoms with van der Waals surface area (Å²) in [4.78, 5) is 3.60. The molecule has 3 aromatic rings. The van der Waals surface area contributed by atoms with E-state index < -0.39 is 0 Å². The summed E-state index contributed by atoms with van der Waals surface area (Å²) < 4.78 is 0. The highest BCUT2D eigenvalue weighted by molar-refractivity contribution is 6.01. The van der Waals surface area contributed by atoms with E-state index in [1.807, 2.05) is 0 Å². The first-order chi connectivity index (χ1) is 10.7. The van der Waals surface area contributed by atoms with E-state index in [1.165, 1.54) is 43.7 Å². The minimum absolute atomic E-state index is 0.00211. The Balaban J connectivity index is 1.97. The van der Waals surface area contributed by atoms with Crippen LogP contribution >= 0.6 is 0 Å². The van der Waals surface area contributed by atoms with Crippen molar-refractivity contribution in [1.29, 1.82) is 0 Å². The molecule has 0 aliphatic heterocycles. The van der Waals surface area contributed by atoms with Gasteiger partial charge in [-0.1, -0.05) is 56.3 Å². The molecule has 0 saturated heterocycles. The Bertz CT molecular complexity index is 1090. The molecule has 0 amide bonds. The number of benzene rings is 2. The Hall–Kier alpha value is -2.54. The summed E-state index contributed by atoms with van der Waals surface area (Å²) in [6.07, 6.45) is 4.64. The summed E-state index contributed by atoms with van der Waals surface area (Å²) in [7, 11) is 0. The molecule has 2 aromatic carbocycles. The molecular formula is C21H17N. The van der Waals surface area contributed by atoms with Gasteiger partial charge >= 0.3 is 0 Å². The van der Waals surface area contributed by atoms with E-state index in [4.69, 9.17) is 0 Å². The number of fused-ring (bicyclic) bond motifs is 5. The summed E-state index contributed by atoms with van der Waals surface area (Å²) in [5.41, 5.74) is 6.72. The maximum atomic E-state index is 3.60. The Labute approximate surface area is 129 Å². The van der Waals surface area contributed by atoms with Crippen molar-refractivity contribution in [1.82, 2.24) is 4.98 Å². The van der Waals surface area contributed by atoms with Crippen molar-refractivity contribution in [2.75, 3.05) is 0 Å². The van der Waals surface area contributed by atoms with Crippen LogP contribution in [-0.4, -0.2) is 4.98 Å². The summed E-state index contributed by atoms with van der Waals surface area (Å²) in [6.45, 7) is 4.70. The first-order valence-electron chi connectivity index (χ1n) is 7.81. The lowest BCUT2D eigenvalue weighted by atomic mass is 9.70. The average molecular weight is 283 g/mol. The molecule has 106 valence electrons. The van der Waals surface area contributed by atoms with Crippen molar-refractivity contribution < 1.29 is 0 Å². The lowest BCUT2D eigenvalue weighted by Crippen LogP contribution is -2.31. The van der Waals surface area contributed by atoms with Gasteiger partial charge in [-0.25, -0.2) is 0 Å². The molecule has 1 heteroatoms. The fourth-order valence-electron chi connectivity index (χ4n) is 4.28. The fraction of sp³-hybridized carbons (Fsp3) is 0.143. The molecule has 1 nitrogen and oxygen atoms in total. The van der Waals surface area contributed by atoms with Crippen molar-refractivity contribution in [3.8, 4) is 0 Å². The van der Waals surface area contributed by atoms with E-state index in [1.54, 1.807) is 0 Å². The van der Waals surface area contributed by atoms with Gasteiger partial charge in [0.2, 0.25) is 0 Å². The summed E-state index contributed by atoms with van der Waals surface area (Å²) in [5, 5.41) is 4.07. The van der Waals surface area contributed by atoms with Gasteiger partial charge in [0.05, 0.1) is 0 Å². The molecular weight excluding hydrogens is 266 g/mol.